The molecule has 0 aliphatic carbocycles. The molecule has 0 unspecified atom stereocenters. The van der Waals surface area contributed by atoms with Gasteiger partial charge in [0.1, 0.15) is 38.1 Å². The van der Waals surface area contributed by atoms with Gasteiger partial charge in [0.25, 0.3) is 0 Å². The van der Waals surface area contributed by atoms with Crippen LogP contribution in [0.15, 0.2) is 35.7 Å². The number of hydrogen-bond donors (Lipinski definition) is 0. The largest absolute Gasteiger partial charge is 0.744 e. The van der Waals surface area contributed by atoms with Gasteiger partial charge in [-0.1, -0.05) is 24.8 Å². The predicted molar refractivity (Wildman–Crippen MR) is 80.4 cm³/mol. The van der Waals surface area contributed by atoms with Gasteiger partial charge >= 0.3 is 0 Å². The second-order valence-electron chi connectivity index (χ2n) is 4.87. The topological polar surface area (TPSA) is 66.4 Å². The standard InChI is InChI=1S/C16H14F2O4S/c1-4-11-5-7-12(8-6-11)22-15-9(2)13(17)16(23(19,20)21)14(18)10(15)3/h4-8H,1H2,2-3H3,(H,19,20,21)/p-1. The van der Waals surface area contributed by atoms with Crippen LogP contribution < -0.4 is 4.74 Å². The van der Waals surface area contributed by atoms with Crippen molar-refractivity contribution in [3.8, 4) is 11.5 Å². The highest BCUT2D eigenvalue weighted by atomic mass is 32.2. The third-order valence-corrected chi connectivity index (χ3v) is 4.18. The van der Waals surface area contributed by atoms with Crippen LogP contribution in [0.1, 0.15) is 16.7 Å². The molecule has 0 spiro atoms. The average Bonchev–Trinajstić information content (AvgIpc) is 2.49. The lowest BCUT2D eigenvalue weighted by molar-refractivity contribution is 0.423. The molecule has 2 rings (SSSR count). The lowest BCUT2D eigenvalue weighted by Gasteiger charge is -2.18. The van der Waals surface area contributed by atoms with E-state index in [2.05, 4.69) is 6.58 Å². The van der Waals surface area contributed by atoms with Crippen LogP contribution in [0.25, 0.3) is 6.08 Å². The van der Waals surface area contributed by atoms with Crippen LogP contribution in [-0.4, -0.2) is 13.0 Å². The summed E-state index contributed by atoms with van der Waals surface area (Å²) in [5.74, 6) is -2.75. The summed E-state index contributed by atoms with van der Waals surface area (Å²) in [6.07, 6.45) is 1.62. The van der Waals surface area contributed by atoms with Gasteiger partial charge < -0.3 is 9.29 Å². The number of rotatable bonds is 4. The summed E-state index contributed by atoms with van der Waals surface area (Å²) in [6, 6.07) is 6.53. The van der Waals surface area contributed by atoms with Crippen LogP contribution >= 0.6 is 0 Å². The molecule has 2 aromatic rings. The van der Waals surface area contributed by atoms with Crippen molar-refractivity contribution in [2.75, 3.05) is 0 Å². The maximum Gasteiger partial charge on any atom is 0.150 e. The van der Waals surface area contributed by atoms with E-state index in [1.807, 2.05) is 0 Å². The van der Waals surface area contributed by atoms with E-state index in [1.54, 1.807) is 30.3 Å². The van der Waals surface area contributed by atoms with Gasteiger partial charge in [0.2, 0.25) is 0 Å². The zero-order valence-electron chi connectivity index (χ0n) is 12.4. The predicted octanol–water partition coefficient (Wildman–Crippen LogP) is 3.92. The van der Waals surface area contributed by atoms with Crippen molar-refractivity contribution in [2.45, 2.75) is 18.7 Å². The first-order valence-corrected chi connectivity index (χ1v) is 7.92. The monoisotopic (exact) mass is 339 g/mol. The van der Waals surface area contributed by atoms with Gasteiger partial charge in [-0.05, 0) is 31.5 Å². The Morgan fingerprint density at radius 3 is 1.96 bits per heavy atom. The summed E-state index contributed by atoms with van der Waals surface area (Å²) >= 11 is 0. The number of ether oxygens (including phenoxy) is 1. The number of hydrogen-bond acceptors (Lipinski definition) is 4. The Kier molecular flexibility index (Phi) is 4.53. The van der Waals surface area contributed by atoms with Crippen molar-refractivity contribution in [2.24, 2.45) is 0 Å². The highest BCUT2D eigenvalue weighted by Gasteiger charge is 2.25. The van der Waals surface area contributed by atoms with E-state index in [0.717, 1.165) is 5.56 Å². The molecule has 0 radical (unpaired) electrons. The molecular weight excluding hydrogens is 326 g/mol. The quantitative estimate of drug-likeness (QED) is 0.792. The molecule has 7 heteroatoms. The van der Waals surface area contributed by atoms with Crippen molar-refractivity contribution >= 4 is 16.2 Å². The van der Waals surface area contributed by atoms with Crippen molar-refractivity contribution in [3.63, 3.8) is 0 Å². The molecule has 0 saturated heterocycles. The van der Waals surface area contributed by atoms with Crippen LogP contribution in [0.2, 0.25) is 0 Å². The van der Waals surface area contributed by atoms with Crippen molar-refractivity contribution in [1.82, 2.24) is 0 Å². The molecule has 0 heterocycles. The molecule has 122 valence electrons. The number of halogens is 2. The van der Waals surface area contributed by atoms with Crippen LogP contribution in [-0.2, 0) is 10.1 Å². The first-order valence-electron chi connectivity index (χ1n) is 6.51. The molecule has 0 fully saturated rings. The SMILES string of the molecule is C=Cc1ccc(Oc2c(C)c(F)c(S(=O)(=O)[O-])c(F)c2C)cc1. The maximum atomic E-state index is 14.1. The van der Waals surface area contributed by atoms with Gasteiger partial charge in [0, 0.05) is 11.1 Å². The van der Waals surface area contributed by atoms with E-state index in [1.165, 1.54) is 13.8 Å². The second-order valence-corrected chi connectivity index (χ2v) is 6.18. The van der Waals surface area contributed by atoms with Crippen molar-refractivity contribution in [1.29, 1.82) is 0 Å². The smallest absolute Gasteiger partial charge is 0.150 e. The molecular formula is C16H13F2O4S-. The summed E-state index contributed by atoms with van der Waals surface area (Å²) in [6.45, 7) is 6.03. The zero-order chi connectivity index (χ0) is 17.4. The fraction of sp³-hybridized carbons (Fsp3) is 0.125. The third-order valence-electron chi connectivity index (χ3n) is 3.32. The number of benzene rings is 2. The van der Waals surface area contributed by atoms with Crippen LogP contribution in [0.4, 0.5) is 8.78 Å². The molecule has 0 aliphatic heterocycles. The van der Waals surface area contributed by atoms with Gasteiger partial charge in [0.05, 0.1) is 0 Å². The molecule has 0 aromatic heterocycles. The first-order chi connectivity index (χ1) is 10.7. The lowest BCUT2D eigenvalue weighted by Crippen LogP contribution is -2.10. The summed E-state index contributed by atoms with van der Waals surface area (Å²) in [4.78, 5) is -1.48. The summed E-state index contributed by atoms with van der Waals surface area (Å²) < 4.78 is 66.8. The highest BCUT2D eigenvalue weighted by Crippen LogP contribution is 2.36. The first kappa shape index (κ1) is 17.1. The molecule has 0 N–H and O–H groups in total. The van der Waals surface area contributed by atoms with E-state index < -0.39 is 26.6 Å². The van der Waals surface area contributed by atoms with Gasteiger partial charge in [-0.15, -0.1) is 0 Å². The van der Waals surface area contributed by atoms with Crippen molar-refractivity contribution < 1.29 is 26.5 Å². The van der Waals surface area contributed by atoms with Gasteiger partial charge in [-0.3, -0.25) is 0 Å². The van der Waals surface area contributed by atoms with Crippen LogP contribution in [0.5, 0.6) is 11.5 Å². The minimum Gasteiger partial charge on any atom is -0.744 e. The van der Waals surface area contributed by atoms with E-state index in [-0.39, 0.29) is 16.9 Å². The Morgan fingerprint density at radius 2 is 1.57 bits per heavy atom. The Morgan fingerprint density at radius 1 is 1.09 bits per heavy atom. The van der Waals surface area contributed by atoms with E-state index in [4.69, 9.17) is 4.74 Å². The summed E-state index contributed by atoms with van der Waals surface area (Å²) in [7, 11) is -5.27. The van der Waals surface area contributed by atoms with Crippen LogP contribution in [0, 0.1) is 25.5 Å². The van der Waals surface area contributed by atoms with E-state index >= 15 is 0 Å². The van der Waals surface area contributed by atoms with E-state index in [9.17, 15) is 21.8 Å². The minimum absolute atomic E-state index is 0.168. The second kappa shape index (κ2) is 6.10. The summed E-state index contributed by atoms with van der Waals surface area (Å²) in [5, 5.41) is 0. The Balaban J connectivity index is 2.57. The molecule has 0 aliphatic rings. The molecule has 0 atom stereocenters. The highest BCUT2D eigenvalue weighted by molar-refractivity contribution is 7.85. The Labute approximate surface area is 132 Å². The Hall–Kier alpha value is -2.25. The molecule has 4 nitrogen and oxygen atoms in total. The summed E-state index contributed by atoms with van der Waals surface area (Å²) in [5.41, 5.74) is 0.313. The fourth-order valence-corrected chi connectivity index (χ4v) is 2.83. The maximum absolute atomic E-state index is 14.1. The molecule has 0 amide bonds. The Bertz CT molecular complexity index is 843. The van der Waals surface area contributed by atoms with Crippen molar-refractivity contribution in [3.05, 3.63) is 59.2 Å². The minimum atomic E-state index is -5.27. The molecule has 0 saturated carbocycles. The van der Waals surface area contributed by atoms with Gasteiger partial charge in [-0.2, -0.15) is 0 Å². The van der Waals surface area contributed by atoms with E-state index in [0.29, 0.717) is 5.75 Å². The van der Waals surface area contributed by atoms with Crippen LogP contribution in [0.3, 0.4) is 0 Å². The zero-order valence-corrected chi connectivity index (χ0v) is 13.2. The van der Waals surface area contributed by atoms with Gasteiger partial charge in [0.15, 0.2) is 0 Å². The normalized spacial score (nSPS) is 11.3. The average molecular weight is 339 g/mol. The van der Waals surface area contributed by atoms with Gasteiger partial charge in [-0.25, -0.2) is 17.2 Å². The molecule has 0 bridgehead atoms. The molecule has 23 heavy (non-hydrogen) atoms. The lowest BCUT2D eigenvalue weighted by atomic mass is 10.1. The fourth-order valence-electron chi connectivity index (χ4n) is 2.08. The molecule has 2 aromatic carbocycles. The third kappa shape index (κ3) is 3.25.